The van der Waals surface area contributed by atoms with E-state index in [2.05, 4.69) is 20.5 Å². The van der Waals surface area contributed by atoms with Gasteiger partial charge in [0.15, 0.2) is 0 Å². The van der Waals surface area contributed by atoms with Crippen molar-refractivity contribution < 1.29 is 14.3 Å². The Morgan fingerprint density at radius 1 is 1.14 bits per heavy atom. The Labute approximate surface area is 177 Å². The van der Waals surface area contributed by atoms with Crippen LogP contribution in [0.4, 0.5) is 0 Å². The van der Waals surface area contributed by atoms with Gasteiger partial charge in [0.2, 0.25) is 5.91 Å². The van der Waals surface area contributed by atoms with Gasteiger partial charge in [-0.15, -0.1) is 21.5 Å². The monoisotopic (exact) mass is 430 g/mol. The molecule has 2 heterocycles. The van der Waals surface area contributed by atoms with E-state index in [4.69, 9.17) is 9.47 Å². The Kier molecular flexibility index (Phi) is 7.56. The second-order valence-corrected chi connectivity index (χ2v) is 8.04. The molecular formula is C20H22N4O3S2. The smallest absolute Gasteiger partial charge is 0.230 e. The number of aryl methyl sites for hydroxylation is 1. The van der Waals surface area contributed by atoms with E-state index in [1.54, 1.807) is 25.6 Å². The molecule has 0 radical (unpaired) electrons. The molecule has 0 fully saturated rings. The summed E-state index contributed by atoms with van der Waals surface area (Å²) in [5.41, 5.74) is 2.71. The molecule has 0 spiro atoms. The summed E-state index contributed by atoms with van der Waals surface area (Å²) in [6, 6.07) is 11.6. The summed E-state index contributed by atoms with van der Waals surface area (Å²) in [4.78, 5) is 17.4. The van der Waals surface area contributed by atoms with Gasteiger partial charge in [0.25, 0.3) is 0 Å². The zero-order valence-corrected chi connectivity index (χ0v) is 18.1. The molecule has 0 bridgehead atoms. The summed E-state index contributed by atoms with van der Waals surface area (Å²) in [6.07, 6.45) is 0. The first-order valence-corrected chi connectivity index (χ1v) is 10.8. The van der Waals surface area contributed by atoms with Crippen LogP contribution in [0.25, 0.3) is 21.1 Å². The van der Waals surface area contributed by atoms with Gasteiger partial charge in [-0.2, -0.15) is 0 Å². The number of carbonyl (C=O) groups excluding carboxylic acids is 1. The summed E-state index contributed by atoms with van der Waals surface area (Å²) < 4.78 is 10.1. The summed E-state index contributed by atoms with van der Waals surface area (Å²) in [5.74, 6) is 1.05. The maximum Gasteiger partial charge on any atom is 0.230 e. The number of ether oxygens (including phenoxy) is 2. The number of nitrogens with zero attached hydrogens (tertiary/aromatic N) is 3. The highest BCUT2D eigenvalue weighted by Crippen LogP contribution is 2.34. The third-order valence-corrected chi connectivity index (χ3v) is 6.13. The van der Waals surface area contributed by atoms with Crippen LogP contribution >= 0.6 is 23.1 Å². The van der Waals surface area contributed by atoms with E-state index >= 15 is 0 Å². The van der Waals surface area contributed by atoms with E-state index in [0.29, 0.717) is 23.9 Å². The third kappa shape index (κ3) is 5.75. The van der Waals surface area contributed by atoms with Gasteiger partial charge in [-0.25, -0.2) is 4.98 Å². The van der Waals surface area contributed by atoms with Crippen LogP contribution in [0.3, 0.4) is 0 Å². The highest BCUT2D eigenvalue weighted by molar-refractivity contribution is 7.99. The molecule has 1 aromatic carbocycles. The third-order valence-electron chi connectivity index (χ3n) is 3.99. The summed E-state index contributed by atoms with van der Waals surface area (Å²) >= 11 is 2.93. The van der Waals surface area contributed by atoms with Crippen molar-refractivity contribution in [3.05, 3.63) is 42.1 Å². The number of thioether (sulfide) groups is 1. The van der Waals surface area contributed by atoms with Crippen molar-refractivity contribution >= 4 is 29.0 Å². The molecule has 152 valence electrons. The van der Waals surface area contributed by atoms with Crippen molar-refractivity contribution in [1.29, 1.82) is 0 Å². The Hall–Kier alpha value is -2.49. The van der Waals surface area contributed by atoms with Crippen LogP contribution in [0.15, 0.2) is 41.4 Å². The first-order valence-electron chi connectivity index (χ1n) is 8.95. The van der Waals surface area contributed by atoms with E-state index in [9.17, 15) is 4.79 Å². The molecule has 0 saturated carbocycles. The van der Waals surface area contributed by atoms with Crippen LogP contribution in [0.1, 0.15) is 5.69 Å². The van der Waals surface area contributed by atoms with Crippen LogP contribution in [0.5, 0.6) is 5.75 Å². The number of amides is 1. The average Bonchev–Trinajstić information content (AvgIpc) is 3.14. The van der Waals surface area contributed by atoms with Gasteiger partial charge in [-0.3, -0.25) is 4.79 Å². The van der Waals surface area contributed by atoms with E-state index in [1.165, 1.54) is 11.8 Å². The molecule has 7 nitrogen and oxygen atoms in total. The average molecular weight is 431 g/mol. The predicted molar refractivity (Wildman–Crippen MR) is 115 cm³/mol. The van der Waals surface area contributed by atoms with E-state index in [0.717, 1.165) is 32.6 Å². The largest absolute Gasteiger partial charge is 0.497 e. The zero-order valence-electron chi connectivity index (χ0n) is 16.5. The quantitative estimate of drug-likeness (QED) is 0.411. The van der Waals surface area contributed by atoms with E-state index in [1.807, 2.05) is 43.3 Å². The minimum Gasteiger partial charge on any atom is -0.497 e. The van der Waals surface area contributed by atoms with Crippen molar-refractivity contribution in [2.45, 2.75) is 11.9 Å². The lowest BCUT2D eigenvalue weighted by atomic mass is 10.2. The highest BCUT2D eigenvalue weighted by Gasteiger charge is 2.13. The Bertz CT molecular complexity index is 943. The topological polar surface area (TPSA) is 86.2 Å². The molecule has 0 aliphatic carbocycles. The molecule has 29 heavy (non-hydrogen) atoms. The van der Waals surface area contributed by atoms with E-state index < -0.39 is 0 Å². The number of aromatic nitrogens is 3. The number of nitrogens with one attached hydrogen (secondary N) is 1. The number of rotatable bonds is 9. The Balaban J connectivity index is 1.65. The number of hydrogen-bond donors (Lipinski definition) is 1. The van der Waals surface area contributed by atoms with Gasteiger partial charge < -0.3 is 14.8 Å². The molecule has 0 saturated heterocycles. The number of thiazole rings is 1. The summed E-state index contributed by atoms with van der Waals surface area (Å²) in [5, 5.41) is 13.0. The zero-order chi connectivity index (χ0) is 20.6. The fourth-order valence-corrected chi connectivity index (χ4v) is 4.17. The van der Waals surface area contributed by atoms with Crippen molar-refractivity contribution in [3.8, 4) is 26.9 Å². The second kappa shape index (κ2) is 10.3. The molecule has 3 aromatic rings. The van der Waals surface area contributed by atoms with Crippen molar-refractivity contribution in [2.24, 2.45) is 0 Å². The Morgan fingerprint density at radius 2 is 1.93 bits per heavy atom. The van der Waals surface area contributed by atoms with Crippen LogP contribution in [0.2, 0.25) is 0 Å². The first-order chi connectivity index (χ1) is 14.1. The van der Waals surface area contributed by atoms with E-state index in [-0.39, 0.29) is 5.91 Å². The highest BCUT2D eigenvalue weighted by atomic mass is 32.2. The van der Waals surface area contributed by atoms with Gasteiger partial charge >= 0.3 is 0 Å². The molecule has 1 amide bonds. The molecule has 9 heteroatoms. The molecule has 1 N–H and O–H groups in total. The van der Waals surface area contributed by atoms with Crippen LogP contribution in [0, 0.1) is 6.92 Å². The molecular weight excluding hydrogens is 408 g/mol. The minimum atomic E-state index is -0.0552. The molecule has 0 atom stereocenters. The van der Waals surface area contributed by atoms with Gasteiger partial charge in [-0.1, -0.05) is 11.8 Å². The molecule has 0 unspecified atom stereocenters. The SMILES string of the molecule is COCCNC(=O)CSc1ccc(-c2sc(-c3ccc(OC)cc3)nc2C)nn1. The molecule has 0 aliphatic heterocycles. The lowest BCUT2D eigenvalue weighted by molar-refractivity contribution is -0.118. The maximum absolute atomic E-state index is 11.8. The van der Waals surface area contributed by atoms with Gasteiger partial charge in [0, 0.05) is 19.2 Å². The molecule has 3 rings (SSSR count). The maximum atomic E-state index is 11.8. The molecule has 2 aromatic heterocycles. The standard InChI is InChI=1S/C20H22N4O3S2/c1-13-19(29-20(22-13)14-4-6-15(27-3)7-5-14)16-8-9-18(24-23-16)28-12-17(25)21-10-11-26-2/h4-9H,10-12H2,1-3H3,(H,21,25). The van der Waals surface area contributed by atoms with Crippen molar-refractivity contribution in [2.75, 3.05) is 33.1 Å². The lowest BCUT2D eigenvalue weighted by Crippen LogP contribution is -2.28. The first kappa shape index (κ1) is 21.2. The minimum absolute atomic E-state index is 0.0552. The summed E-state index contributed by atoms with van der Waals surface area (Å²) in [7, 11) is 3.25. The lowest BCUT2D eigenvalue weighted by Gasteiger charge is -2.04. The van der Waals surface area contributed by atoms with Crippen molar-refractivity contribution in [3.63, 3.8) is 0 Å². The predicted octanol–water partition coefficient (Wildman–Crippen LogP) is 3.44. The second-order valence-electron chi connectivity index (χ2n) is 6.05. The number of hydrogen-bond acceptors (Lipinski definition) is 8. The fraction of sp³-hybridized carbons (Fsp3) is 0.300. The summed E-state index contributed by atoms with van der Waals surface area (Å²) in [6.45, 7) is 2.97. The van der Waals surface area contributed by atoms with Crippen LogP contribution < -0.4 is 10.1 Å². The number of carbonyl (C=O) groups is 1. The van der Waals surface area contributed by atoms with Gasteiger partial charge in [0.1, 0.15) is 21.5 Å². The Morgan fingerprint density at radius 3 is 2.59 bits per heavy atom. The van der Waals surface area contributed by atoms with Crippen LogP contribution in [-0.4, -0.2) is 54.2 Å². The van der Waals surface area contributed by atoms with Crippen LogP contribution in [-0.2, 0) is 9.53 Å². The number of methoxy groups -OCH3 is 2. The normalized spacial score (nSPS) is 10.7. The number of benzene rings is 1. The fourth-order valence-electron chi connectivity index (χ4n) is 2.49. The van der Waals surface area contributed by atoms with Crippen molar-refractivity contribution in [1.82, 2.24) is 20.5 Å². The molecule has 0 aliphatic rings. The van der Waals surface area contributed by atoms with Gasteiger partial charge in [-0.05, 0) is 43.3 Å². The van der Waals surface area contributed by atoms with Gasteiger partial charge in [0.05, 0.1) is 30.0 Å².